The molecule has 0 spiro atoms. The highest BCUT2D eigenvalue weighted by Crippen LogP contribution is 2.26. The van der Waals surface area contributed by atoms with Crippen LogP contribution in [0.3, 0.4) is 0 Å². The summed E-state index contributed by atoms with van der Waals surface area (Å²) in [6, 6.07) is 0. The minimum atomic E-state index is -0.0429. The summed E-state index contributed by atoms with van der Waals surface area (Å²) in [7, 11) is 0. The third kappa shape index (κ3) is 2.63. The van der Waals surface area contributed by atoms with Crippen LogP contribution in [0.5, 0.6) is 0 Å². The topological polar surface area (TPSA) is 64.2 Å². The van der Waals surface area contributed by atoms with Gasteiger partial charge in [-0.25, -0.2) is 0 Å². The highest BCUT2D eigenvalue weighted by Gasteiger charge is 2.28. The molecule has 2 atom stereocenters. The van der Waals surface area contributed by atoms with Crippen molar-refractivity contribution in [2.75, 3.05) is 18.8 Å². The van der Waals surface area contributed by atoms with E-state index in [4.69, 9.17) is 5.73 Å². The van der Waals surface area contributed by atoms with Gasteiger partial charge in [-0.1, -0.05) is 13.8 Å². The van der Waals surface area contributed by atoms with Crippen molar-refractivity contribution in [3.05, 3.63) is 11.9 Å². The Morgan fingerprint density at radius 2 is 2.11 bits per heavy atom. The number of hydrogen-bond donors (Lipinski definition) is 1. The van der Waals surface area contributed by atoms with Crippen LogP contribution in [0, 0.1) is 0 Å². The van der Waals surface area contributed by atoms with Crippen molar-refractivity contribution in [1.82, 2.24) is 14.7 Å². The number of carbonyl (C=O) groups is 1. The van der Waals surface area contributed by atoms with E-state index < -0.39 is 0 Å². The van der Waals surface area contributed by atoms with Gasteiger partial charge in [-0.15, -0.1) is 0 Å². The molecule has 0 bridgehead atoms. The molecule has 0 radical (unpaired) electrons. The minimum Gasteiger partial charge on any atom is -0.396 e. The Hall–Kier alpha value is -1.17. The largest absolute Gasteiger partial charge is 0.396 e. The van der Waals surface area contributed by atoms with Gasteiger partial charge < -0.3 is 10.6 Å². The predicted octanol–water partition coefficient (Wildman–Crippen LogP) is 1.45. The van der Waals surface area contributed by atoms with Crippen LogP contribution in [-0.2, 0) is 6.54 Å². The molecule has 1 aromatic rings. The third-order valence-electron chi connectivity index (χ3n) is 3.02. The first-order valence-corrected chi connectivity index (χ1v) is 7.23. The summed E-state index contributed by atoms with van der Waals surface area (Å²) in [4.78, 5) is 14.3. The summed E-state index contributed by atoms with van der Waals surface area (Å²) in [6.07, 6.45) is 1.72. The first-order valence-electron chi connectivity index (χ1n) is 6.29. The lowest BCUT2D eigenvalue weighted by Crippen LogP contribution is -2.44. The molecule has 1 aromatic heterocycles. The molecule has 2 rings (SSSR count). The zero-order chi connectivity index (χ0) is 13.3. The van der Waals surface area contributed by atoms with Gasteiger partial charge in [0.15, 0.2) is 5.69 Å². The number of nitrogens with zero attached hydrogens (tertiary/aromatic N) is 3. The number of rotatable bonds is 2. The van der Waals surface area contributed by atoms with Crippen molar-refractivity contribution in [3.8, 4) is 0 Å². The third-order valence-corrected chi connectivity index (χ3v) is 4.25. The quantitative estimate of drug-likeness (QED) is 0.882. The van der Waals surface area contributed by atoms with Gasteiger partial charge in [0.25, 0.3) is 5.91 Å². The van der Waals surface area contributed by atoms with E-state index >= 15 is 0 Å². The van der Waals surface area contributed by atoms with E-state index in [1.807, 2.05) is 23.6 Å². The average Bonchev–Trinajstić information content (AvgIpc) is 2.68. The SMILES string of the molecule is CCn1cc(N)c(C(=O)N2CC(C)SC(C)C2)n1. The van der Waals surface area contributed by atoms with Gasteiger partial charge in [0, 0.05) is 36.3 Å². The van der Waals surface area contributed by atoms with Gasteiger partial charge in [-0.2, -0.15) is 16.9 Å². The predicted molar refractivity (Wildman–Crippen MR) is 74.7 cm³/mol. The molecule has 6 heteroatoms. The fourth-order valence-corrected chi connectivity index (χ4v) is 3.58. The molecule has 2 N–H and O–H groups in total. The maximum Gasteiger partial charge on any atom is 0.276 e. The lowest BCUT2D eigenvalue weighted by atomic mass is 10.2. The molecule has 100 valence electrons. The molecule has 1 aliphatic heterocycles. The fourth-order valence-electron chi connectivity index (χ4n) is 2.26. The Kier molecular flexibility index (Phi) is 3.85. The molecular weight excluding hydrogens is 248 g/mol. The van der Waals surface area contributed by atoms with Crippen LogP contribution in [-0.4, -0.2) is 44.2 Å². The molecule has 5 nitrogen and oxygen atoms in total. The number of thioether (sulfide) groups is 1. The lowest BCUT2D eigenvalue weighted by Gasteiger charge is -2.34. The van der Waals surface area contributed by atoms with E-state index in [-0.39, 0.29) is 5.91 Å². The number of carbonyl (C=O) groups excluding carboxylic acids is 1. The lowest BCUT2D eigenvalue weighted by molar-refractivity contribution is 0.0747. The highest BCUT2D eigenvalue weighted by molar-refractivity contribution is 8.00. The van der Waals surface area contributed by atoms with Gasteiger partial charge in [-0.05, 0) is 6.92 Å². The first-order chi connectivity index (χ1) is 8.51. The molecule has 0 saturated carbocycles. The molecular formula is C12H20N4OS. The summed E-state index contributed by atoms with van der Waals surface area (Å²) in [5.74, 6) is -0.0429. The number of anilines is 1. The molecule has 2 heterocycles. The van der Waals surface area contributed by atoms with Crippen molar-refractivity contribution >= 4 is 23.4 Å². The molecule has 1 aliphatic rings. The van der Waals surface area contributed by atoms with Crippen LogP contribution < -0.4 is 5.73 Å². The average molecular weight is 268 g/mol. The summed E-state index contributed by atoms with van der Waals surface area (Å²) in [5.41, 5.74) is 6.72. The monoisotopic (exact) mass is 268 g/mol. The van der Waals surface area contributed by atoms with Gasteiger partial charge in [0.1, 0.15) is 0 Å². The van der Waals surface area contributed by atoms with Crippen LogP contribution in [0.1, 0.15) is 31.3 Å². The maximum absolute atomic E-state index is 12.4. The van der Waals surface area contributed by atoms with Crippen LogP contribution >= 0.6 is 11.8 Å². The zero-order valence-electron chi connectivity index (χ0n) is 11.1. The normalized spacial score (nSPS) is 24.3. The van der Waals surface area contributed by atoms with E-state index in [0.717, 1.165) is 19.6 Å². The second-order valence-electron chi connectivity index (χ2n) is 4.76. The number of aromatic nitrogens is 2. The van der Waals surface area contributed by atoms with Crippen molar-refractivity contribution in [2.24, 2.45) is 0 Å². The number of hydrogen-bond acceptors (Lipinski definition) is 4. The van der Waals surface area contributed by atoms with E-state index in [9.17, 15) is 4.79 Å². The molecule has 2 unspecified atom stereocenters. The zero-order valence-corrected chi connectivity index (χ0v) is 11.9. The smallest absolute Gasteiger partial charge is 0.276 e. The van der Waals surface area contributed by atoms with E-state index in [2.05, 4.69) is 18.9 Å². The summed E-state index contributed by atoms with van der Waals surface area (Å²) in [6.45, 7) is 8.53. The Morgan fingerprint density at radius 3 is 2.61 bits per heavy atom. The van der Waals surface area contributed by atoms with E-state index in [1.165, 1.54) is 0 Å². The fraction of sp³-hybridized carbons (Fsp3) is 0.667. The Bertz CT molecular complexity index is 435. The highest BCUT2D eigenvalue weighted by atomic mass is 32.2. The van der Waals surface area contributed by atoms with E-state index in [0.29, 0.717) is 21.9 Å². The molecule has 1 amide bonds. The number of amides is 1. The molecule has 18 heavy (non-hydrogen) atoms. The Morgan fingerprint density at radius 1 is 1.50 bits per heavy atom. The van der Waals surface area contributed by atoms with Crippen LogP contribution in [0.2, 0.25) is 0 Å². The number of nitrogens with two attached hydrogens (primary N) is 1. The van der Waals surface area contributed by atoms with Crippen LogP contribution in [0.25, 0.3) is 0 Å². The Balaban J connectivity index is 2.17. The number of nitrogen functional groups attached to an aromatic ring is 1. The molecule has 1 fully saturated rings. The summed E-state index contributed by atoms with van der Waals surface area (Å²) < 4.78 is 1.70. The second-order valence-corrected chi connectivity index (χ2v) is 6.64. The van der Waals surface area contributed by atoms with Crippen molar-refractivity contribution in [2.45, 2.75) is 37.8 Å². The van der Waals surface area contributed by atoms with Crippen molar-refractivity contribution < 1.29 is 4.79 Å². The standard InChI is InChI=1S/C12H20N4OS/c1-4-16-7-10(13)11(14-16)12(17)15-5-8(2)18-9(3)6-15/h7-9H,4-6,13H2,1-3H3. The van der Waals surface area contributed by atoms with Gasteiger partial charge in [-0.3, -0.25) is 9.48 Å². The maximum atomic E-state index is 12.4. The van der Waals surface area contributed by atoms with Gasteiger partial charge in [0.2, 0.25) is 0 Å². The first kappa shape index (κ1) is 13.3. The minimum absolute atomic E-state index is 0.0429. The summed E-state index contributed by atoms with van der Waals surface area (Å²) in [5, 5.41) is 5.18. The molecule has 1 saturated heterocycles. The van der Waals surface area contributed by atoms with Crippen LogP contribution in [0.4, 0.5) is 5.69 Å². The second kappa shape index (κ2) is 5.22. The summed E-state index contributed by atoms with van der Waals surface area (Å²) >= 11 is 1.92. The van der Waals surface area contributed by atoms with Crippen molar-refractivity contribution in [3.63, 3.8) is 0 Å². The number of aryl methyl sites for hydroxylation is 1. The Labute approximate surface area is 112 Å². The van der Waals surface area contributed by atoms with Crippen LogP contribution in [0.15, 0.2) is 6.20 Å². The van der Waals surface area contributed by atoms with Gasteiger partial charge in [0.05, 0.1) is 5.69 Å². The van der Waals surface area contributed by atoms with Gasteiger partial charge >= 0.3 is 0 Å². The van der Waals surface area contributed by atoms with Crippen molar-refractivity contribution in [1.29, 1.82) is 0 Å². The molecule has 0 aromatic carbocycles. The van der Waals surface area contributed by atoms with E-state index in [1.54, 1.807) is 10.9 Å². The molecule has 0 aliphatic carbocycles.